The van der Waals surface area contributed by atoms with Crippen molar-refractivity contribution in [2.45, 2.75) is 64.2 Å². The number of hydrogen-bond acceptors (Lipinski definition) is 6. The Hall–Kier alpha value is -5.87. The number of aryl methyl sites for hydroxylation is 2. The van der Waals surface area contributed by atoms with Crippen LogP contribution in [0.4, 0.5) is 0 Å². The molecule has 0 radical (unpaired) electrons. The van der Waals surface area contributed by atoms with Crippen LogP contribution in [0.15, 0.2) is 157 Å². The third-order valence-electron chi connectivity index (χ3n) is 10.9. The van der Waals surface area contributed by atoms with E-state index >= 15 is 0 Å². The van der Waals surface area contributed by atoms with Gasteiger partial charge in [-0.05, 0) is 134 Å². The summed E-state index contributed by atoms with van der Waals surface area (Å²) < 4.78 is 50.5. The van der Waals surface area contributed by atoms with Crippen molar-refractivity contribution < 1.29 is 27.2 Å². The molecule has 1 saturated heterocycles. The third kappa shape index (κ3) is 11.7. The second-order valence-corrected chi connectivity index (χ2v) is 16.8. The van der Waals surface area contributed by atoms with Gasteiger partial charge in [-0.3, -0.25) is 9.45 Å². The molecule has 9 heteroatoms. The average Bonchev–Trinajstić information content (AvgIpc) is 3.38. The van der Waals surface area contributed by atoms with Gasteiger partial charge in [-0.2, -0.15) is 8.42 Å². The molecule has 1 N–H and O–H groups in total. The molecule has 310 valence electrons. The molecular formula is C51H54N2O6S. The fraction of sp³-hybridized carbons (Fsp3) is 0.255. The molecule has 1 fully saturated rings. The van der Waals surface area contributed by atoms with Gasteiger partial charge in [-0.25, -0.2) is 0 Å². The number of rotatable bonds is 14. The lowest BCUT2D eigenvalue weighted by molar-refractivity contribution is 0.214. The zero-order valence-electron chi connectivity index (χ0n) is 34.5. The van der Waals surface area contributed by atoms with Crippen molar-refractivity contribution in [3.8, 4) is 28.5 Å². The van der Waals surface area contributed by atoms with Gasteiger partial charge < -0.3 is 18.8 Å². The first-order chi connectivity index (χ1) is 29.2. The first-order valence-electron chi connectivity index (χ1n) is 20.7. The minimum Gasteiger partial charge on any atom is -0.492 e. The number of nitrogens with zero attached hydrogens (tertiary/aromatic N) is 2. The fourth-order valence-corrected chi connectivity index (χ4v) is 8.03. The summed E-state index contributed by atoms with van der Waals surface area (Å²) in [6, 6.07) is 50.2. The summed E-state index contributed by atoms with van der Waals surface area (Å²) in [7, 11) is -4.02. The van der Waals surface area contributed by atoms with E-state index in [1.165, 1.54) is 78.6 Å². The molecule has 1 aliphatic rings. The number of likely N-dealkylation sites (tertiary alicyclic amines) is 1. The van der Waals surface area contributed by atoms with Crippen LogP contribution < -0.4 is 14.2 Å². The van der Waals surface area contributed by atoms with Crippen molar-refractivity contribution in [1.29, 1.82) is 0 Å². The van der Waals surface area contributed by atoms with E-state index in [0.717, 1.165) is 59.2 Å². The van der Waals surface area contributed by atoms with Crippen molar-refractivity contribution in [3.05, 3.63) is 179 Å². The number of hydrogen-bond donors (Lipinski definition) is 1. The van der Waals surface area contributed by atoms with Crippen LogP contribution in [-0.2, 0) is 29.9 Å². The lowest BCUT2D eigenvalue weighted by atomic mass is 10.1. The van der Waals surface area contributed by atoms with Crippen LogP contribution in [-0.4, -0.2) is 48.7 Å². The zero-order chi connectivity index (χ0) is 41.7. The average molecular weight is 823 g/mol. The molecule has 0 unspecified atom stereocenters. The van der Waals surface area contributed by atoms with Gasteiger partial charge >= 0.3 is 0 Å². The molecule has 6 aromatic carbocycles. The van der Waals surface area contributed by atoms with Gasteiger partial charge in [0.2, 0.25) is 0 Å². The van der Waals surface area contributed by atoms with Crippen LogP contribution >= 0.6 is 0 Å². The first kappa shape index (κ1) is 42.3. The van der Waals surface area contributed by atoms with Gasteiger partial charge in [0.15, 0.2) is 0 Å². The lowest BCUT2D eigenvalue weighted by Gasteiger charge is -2.19. The van der Waals surface area contributed by atoms with E-state index in [2.05, 4.69) is 107 Å². The Kier molecular flexibility index (Phi) is 14.4. The molecule has 1 aliphatic heterocycles. The number of ether oxygens (including phenoxy) is 3. The summed E-state index contributed by atoms with van der Waals surface area (Å²) in [5.74, 6) is 2.66. The Balaban J connectivity index is 0.000000431. The van der Waals surface area contributed by atoms with E-state index in [1.807, 2.05) is 43.3 Å². The van der Waals surface area contributed by atoms with Crippen LogP contribution in [0.5, 0.6) is 17.2 Å². The summed E-state index contributed by atoms with van der Waals surface area (Å²) >= 11 is 0. The highest BCUT2D eigenvalue weighted by Gasteiger charge is 2.18. The predicted octanol–water partition coefficient (Wildman–Crippen LogP) is 11.3. The Labute approximate surface area is 354 Å². The van der Waals surface area contributed by atoms with Gasteiger partial charge in [0.1, 0.15) is 37.1 Å². The molecule has 8 rings (SSSR count). The van der Waals surface area contributed by atoms with E-state index in [4.69, 9.17) is 18.8 Å². The van der Waals surface area contributed by atoms with Gasteiger partial charge in [-0.15, -0.1) is 0 Å². The number of fused-ring (bicyclic) bond motifs is 1. The number of aromatic nitrogens is 1. The molecular weight excluding hydrogens is 769 g/mol. The highest BCUT2D eigenvalue weighted by molar-refractivity contribution is 7.85. The third-order valence-corrected chi connectivity index (χ3v) is 11.7. The maximum atomic E-state index is 10.5. The molecule has 8 nitrogen and oxygen atoms in total. The molecule has 0 atom stereocenters. The standard InChI is InChI=1S/C44H46N2O3.C7H8O3S/c1-34-42-30-41(49-33-37-14-8-5-9-15-37)24-25-43(42)46(44(34)38-18-22-40(23-19-38)48-32-36-12-6-4-7-13-36)31-35-16-20-39(21-17-35)47-29-28-45-26-10-2-3-11-27-45;1-6-2-4-7(5-3-6)11(8,9)10/h4-9,12-25,30H,2-3,10-11,26-29,31-33H2,1H3;2-5H,1H3,(H,8,9,10). The van der Waals surface area contributed by atoms with Gasteiger partial charge in [0.25, 0.3) is 10.1 Å². The normalized spacial score (nSPS) is 13.2. The lowest BCUT2D eigenvalue weighted by Crippen LogP contribution is -2.29. The van der Waals surface area contributed by atoms with E-state index in [9.17, 15) is 8.42 Å². The maximum absolute atomic E-state index is 10.5. The molecule has 2 heterocycles. The van der Waals surface area contributed by atoms with Crippen LogP contribution in [0.25, 0.3) is 22.2 Å². The van der Waals surface area contributed by atoms with Crippen molar-refractivity contribution in [1.82, 2.24) is 9.47 Å². The van der Waals surface area contributed by atoms with Crippen molar-refractivity contribution in [3.63, 3.8) is 0 Å². The zero-order valence-corrected chi connectivity index (χ0v) is 35.3. The van der Waals surface area contributed by atoms with Gasteiger partial charge in [-0.1, -0.05) is 103 Å². The van der Waals surface area contributed by atoms with Gasteiger partial charge in [0, 0.05) is 24.0 Å². The van der Waals surface area contributed by atoms with Crippen LogP contribution in [0.2, 0.25) is 0 Å². The summed E-state index contributed by atoms with van der Waals surface area (Å²) in [6.07, 6.45) is 5.32. The Bertz CT molecular complexity index is 2510. The van der Waals surface area contributed by atoms with E-state index in [0.29, 0.717) is 13.2 Å². The van der Waals surface area contributed by atoms with E-state index in [-0.39, 0.29) is 4.90 Å². The molecule has 1 aromatic heterocycles. The second-order valence-electron chi connectivity index (χ2n) is 15.3. The Morgan fingerprint density at radius 2 is 1.13 bits per heavy atom. The van der Waals surface area contributed by atoms with Crippen molar-refractivity contribution in [2.24, 2.45) is 0 Å². The smallest absolute Gasteiger partial charge is 0.294 e. The summed E-state index contributed by atoms with van der Waals surface area (Å²) in [4.78, 5) is 2.48. The van der Waals surface area contributed by atoms with Crippen LogP contribution in [0.3, 0.4) is 0 Å². The monoisotopic (exact) mass is 822 g/mol. The topological polar surface area (TPSA) is 90.2 Å². The molecule has 0 spiro atoms. The van der Waals surface area contributed by atoms with Crippen LogP contribution in [0, 0.1) is 13.8 Å². The SMILES string of the molecule is Cc1c(-c2ccc(OCc3ccccc3)cc2)n(Cc2ccc(OCCN3CCCCCC3)cc2)c2ccc(OCc3ccccc3)cc12.Cc1ccc(S(=O)(=O)O)cc1. The van der Waals surface area contributed by atoms with Crippen molar-refractivity contribution in [2.75, 3.05) is 26.2 Å². The van der Waals surface area contributed by atoms with Crippen LogP contribution in [0.1, 0.15) is 53.5 Å². The maximum Gasteiger partial charge on any atom is 0.294 e. The molecule has 0 bridgehead atoms. The van der Waals surface area contributed by atoms with Gasteiger partial charge in [0.05, 0.1) is 10.6 Å². The quantitative estimate of drug-likeness (QED) is 0.109. The predicted molar refractivity (Wildman–Crippen MR) is 241 cm³/mol. The molecule has 0 saturated carbocycles. The molecule has 0 amide bonds. The highest BCUT2D eigenvalue weighted by atomic mass is 32.2. The van der Waals surface area contributed by atoms with E-state index in [1.54, 1.807) is 12.1 Å². The summed E-state index contributed by atoms with van der Waals surface area (Å²) in [5, 5.41) is 1.19. The first-order valence-corrected chi connectivity index (χ1v) is 22.2. The largest absolute Gasteiger partial charge is 0.492 e. The van der Waals surface area contributed by atoms with Crippen molar-refractivity contribution >= 4 is 21.0 Å². The summed E-state index contributed by atoms with van der Waals surface area (Å²) in [6.45, 7) is 9.99. The molecule has 60 heavy (non-hydrogen) atoms. The molecule has 0 aliphatic carbocycles. The second kappa shape index (κ2) is 20.4. The minimum atomic E-state index is -4.02. The summed E-state index contributed by atoms with van der Waals surface area (Å²) in [5.41, 5.74) is 9.25. The Morgan fingerprint density at radius 3 is 1.73 bits per heavy atom. The minimum absolute atomic E-state index is 0.0666. The number of benzene rings is 6. The van der Waals surface area contributed by atoms with E-state index < -0.39 is 10.1 Å². The fourth-order valence-electron chi connectivity index (χ4n) is 7.55. The molecule has 7 aromatic rings. The Morgan fingerprint density at radius 1 is 0.583 bits per heavy atom. The highest BCUT2D eigenvalue weighted by Crippen LogP contribution is 2.37.